The molecule has 0 saturated carbocycles. The van der Waals surface area contributed by atoms with Crippen molar-refractivity contribution in [2.45, 2.75) is 69.2 Å². The van der Waals surface area contributed by atoms with Crippen LogP contribution in [0.2, 0.25) is 0 Å². The second-order valence-corrected chi connectivity index (χ2v) is 30.8. The van der Waals surface area contributed by atoms with Gasteiger partial charge >= 0.3 is 0 Å². The van der Waals surface area contributed by atoms with E-state index < -0.39 is 0 Å². The molecule has 0 bridgehead atoms. The molecule has 0 N–H and O–H groups in total. The molecule has 6 heterocycles. The Morgan fingerprint density at radius 2 is 0.385 bits per heavy atom. The Kier molecular flexibility index (Phi) is 16.4. The molecule has 15 aromatic carbocycles. The zero-order valence-electron chi connectivity index (χ0n) is 63.5. The summed E-state index contributed by atoms with van der Waals surface area (Å²) in [5, 5.41) is 0. The fourth-order valence-electron chi connectivity index (χ4n) is 18.2. The van der Waals surface area contributed by atoms with E-state index >= 15 is 0 Å². The number of anilines is 18. The molecule has 0 aliphatic carbocycles. The number of hydrogen-bond donors (Lipinski definition) is 0. The van der Waals surface area contributed by atoms with E-state index in [1.807, 2.05) is 0 Å². The SMILES string of the molecule is Cc1ccc(N2c3ccc(C)cc3B3c4cc(C)ccc4N(c4ccc(C)cc4)c4cccc2c43)cc1.Cc1ccc(N2c3ccc(C)cc3B3c4ccccc4N(c4ccccc4)c4cccc2c43)cc1.Cc1cccc(N2c3cc(C)ccc3B3c4ccc(C)cc4N(c4cccc(C)c4)c4cccc2c43)c1. The maximum atomic E-state index is 2.47. The highest BCUT2D eigenvalue weighted by Gasteiger charge is 2.47. The van der Waals surface area contributed by atoms with Gasteiger partial charge in [-0.1, -0.05) is 209 Å². The van der Waals surface area contributed by atoms with Gasteiger partial charge in [-0.15, -0.1) is 0 Å². The molecule has 522 valence electrons. The smallest absolute Gasteiger partial charge is 0.252 e. The van der Waals surface area contributed by atoms with E-state index in [4.69, 9.17) is 0 Å². The monoisotopic (exact) mass is 1400 g/mol. The van der Waals surface area contributed by atoms with Crippen molar-refractivity contribution in [3.8, 4) is 0 Å². The minimum absolute atomic E-state index is 0.180. The zero-order valence-corrected chi connectivity index (χ0v) is 63.5. The molecule has 21 rings (SSSR count). The average molecular weight is 1400 g/mol. The highest BCUT2D eigenvalue weighted by molar-refractivity contribution is 7.02. The van der Waals surface area contributed by atoms with Crippen LogP contribution in [0.25, 0.3) is 0 Å². The molecule has 9 heteroatoms. The molecule has 0 radical (unpaired) electrons. The van der Waals surface area contributed by atoms with E-state index in [0.29, 0.717) is 0 Å². The second kappa shape index (κ2) is 26.7. The van der Waals surface area contributed by atoms with Crippen LogP contribution in [0.15, 0.2) is 322 Å². The lowest BCUT2D eigenvalue weighted by Crippen LogP contribution is -2.61. The van der Waals surface area contributed by atoms with Crippen molar-refractivity contribution in [2.75, 3.05) is 29.4 Å². The lowest BCUT2D eigenvalue weighted by Gasteiger charge is -2.44. The lowest BCUT2D eigenvalue weighted by atomic mass is 9.33. The van der Waals surface area contributed by atoms with Gasteiger partial charge in [0.2, 0.25) is 0 Å². The van der Waals surface area contributed by atoms with E-state index in [2.05, 4.69) is 420 Å². The molecule has 109 heavy (non-hydrogen) atoms. The summed E-state index contributed by atoms with van der Waals surface area (Å²) in [7, 11) is 0. The number of fused-ring (bicyclic) bond motifs is 12. The highest BCUT2D eigenvalue weighted by Crippen LogP contribution is 2.49. The average Bonchev–Trinajstić information content (AvgIpc) is 0.713. The molecule has 0 spiro atoms. The lowest BCUT2D eigenvalue weighted by molar-refractivity contribution is 1.23. The van der Waals surface area contributed by atoms with Crippen molar-refractivity contribution < 1.29 is 0 Å². The summed E-state index contributed by atoms with van der Waals surface area (Å²) in [5.41, 5.74) is 47.4. The van der Waals surface area contributed by atoms with Gasteiger partial charge in [0.25, 0.3) is 20.1 Å². The number of aryl methyl sites for hydroxylation is 10. The number of para-hydroxylation sites is 2. The summed E-state index contributed by atoms with van der Waals surface area (Å²) < 4.78 is 0. The molecule has 0 atom stereocenters. The molecule has 15 aromatic rings. The predicted molar refractivity (Wildman–Crippen MR) is 469 cm³/mol. The van der Waals surface area contributed by atoms with Crippen LogP contribution >= 0.6 is 0 Å². The first-order valence-electron chi connectivity index (χ1n) is 38.4. The van der Waals surface area contributed by atoms with Gasteiger partial charge in [0.05, 0.1) is 0 Å². The summed E-state index contributed by atoms with van der Waals surface area (Å²) in [6, 6.07) is 119. The molecule has 0 aromatic heterocycles. The van der Waals surface area contributed by atoms with Gasteiger partial charge in [-0.3, -0.25) is 0 Å². The summed E-state index contributed by atoms with van der Waals surface area (Å²) in [6.07, 6.45) is 0. The molecule has 6 aliphatic rings. The molecule has 0 fully saturated rings. The van der Waals surface area contributed by atoms with Crippen LogP contribution in [0.4, 0.5) is 102 Å². The summed E-state index contributed by atoms with van der Waals surface area (Å²) in [4.78, 5) is 14.7. The first-order valence-corrected chi connectivity index (χ1v) is 38.4. The van der Waals surface area contributed by atoms with Gasteiger partial charge < -0.3 is 29.4 Å². The second-order valence-electron chi connectivity index (χ2n) is 30.8. The Hall–Kier alpha value is -12.7. The summed E-state index contributed by atoms with van der Waals surface area (Å²) >= 11 is 0. The number of nitrogens with zero attached hydrogens (tertiary/aromatic N) is 6. The van der Waals surface area contributed by atoms with Gasteiger partial charge in [-0.2, -0.15) is 0 Å². The van der Waals surface area contributed by atoms with E-state index in [1.165, 1.54) is 207 Å². The van der Waals surface area contributed by atoms with E-state index in [0.717, 1.165) is 0 Å². The van der Waals surface area contributed by atoms with Crippen molar-refractivity contribution in [3.05, 3.63) is 377 Å². The third-order valence-corrected chi connectivity index (χ3v) is 23.1. The van der Waals surface area contributed by atoms with Crippen LogP contribution in [-0.4, -0.2) is 20.1 Å². The maximum absolute atomic E-state index is 2.47. The topological polar surface area (TPSA) is 19.4 Å². The first-order chi connectivity index (χ1) is 53.2. The van der Waals surface area contributed by atoms with Crippen molar-refractivity contribution in [1.29, 1.82) is 0 Å². The van der Waals surface area contributed by atoms with Crippen LogP contribution in [0.5, 0.6) is 0 Å². The van der Waals surface area contributed by atoms with Crippen molar-refractivity contribution in [3.63, 3.8) is 0 Å². The van der Waals surface area contributed by atoms with Gasteiger partial charge in [0.1, 0.15) is 0 Å². The Morgan fingerprint density at radius 3 is 0.752 bits per heavy atom. The molecular formula is C100H83B3N6. The summed E-state index contributed by atoms with van der Waals surface area (Å²) in [5.74, 6) is 0. The minimum Gasteiger partial charge on any atom is -0.311 e. The standard InChI is InChI=1S/2C34H29BN2.C32H25BN2/c1-22-8-5-10-26(18-22)36-30-12-7-13-31-34(30)35(28-16-14-24(3)20-32(28)36)29-17-15-25(4)21-33(29)37(31)27-11-6-9-23(2)19-27;1-22-8-14-26(15-9-22)36-30-18-12-24(3)20-28(30)35-29-21-25(4)13-19-31(29)37(27-16-10-23(2)11-17-27)33-7-5-6-32(36)34(33)35;1-22-15-18-25(19-16-22)35-29-20-17-23(2)21-27(29)33-26-11-6-7-12-28(26)34(24-9-4-3-5-10-24)30-13-8-14-31(35)32(30)33/h2*5-21H,1-4H3;3-21H,1-2H3. The van der Waals surface area contributed by atoms with Crippen molar-refractivity contribution in [2.24, 2.45) is 0 Å². The van der Waals surface area contributed by atoms with E-state index in [9.17, 15) is 0 Å². The minimum atomic E-state index is 0.180. The highest BCUT2D eigenvalue weighted by atomic mass is 15.2. The largest absolute Gasteiger partial charge is 0.311 e. The zero-order chi connectivity index (χ0) is 74.0. The Labute approximate surface area is 643 Å². The van der Waals surface area contributed by atoms with Crippen LogP contribution in [0, 0.1) is 69.2 Å². The van der Waals surface area contributed by atoms with E-state index in [-0.39, 0.29) is 20.1 Å². The number of benzene rings is 15. The Balaban J connectivity index is 0.000000111. The Bertz CT molecular complexity index is 5890. The van der Waals surface area contributed by atoms with Crippen LogP contribution in [0.3, 0.4) is 0 Å². The van der Waals surface area contributed by atoms with Gasteiger partial charge in [0.15, 0.2) is 0 Å². The first kappa shape index (κ1) is 66.9. The fourth-order valence-corrected chi connectivity index (χ4v) is 18.2. The van der Waals surface area contributed by atoms with Gasteiger partial charge in [0, 0.05) is 102 Å². The van der Waals surface area contributed by atoms with Crippen LogP contribution in [0.1, 0.15) is 55.6 Å². The van der Waals surface area contributed by atoms with Crippen LogP contribution in [-0.2, 0) is 0 Å². The van der Waals surface area contributed by atoms with Crippen LogP contribution < -0.4 is 78.6 Å². The quantitative estimate of drug-likeness (QED) is 0.153. The molecule has 0 unspecified atom stereocenters. The number of rotatable bonds is 6. The number of hydrogen-bond acceptors (Lipinski definition) is 6. The molecular weight excluding hydrogens is 1320 g/mol. The maximum Gasteiger partial charge on any atom is 0.252 e. The molecule has 6 nitrogen and oxygen atoms in total. The summed E-state index contributed by atoms with van der Waals surface area (Å²) in [6.45, 7) is 22.3. The van der Waals surface area contributed by atoms with Crippen molar-refractivity contribution in [1.82, 2.24) is 0 Å². The normalized spacial score (nSPS) is 13.2. The third kappa shape index (κ3) is 11.3. The molecule has 6 aliphatic heterocycles. The fraction of sp³-hybridized carbons (Fsp3) is 0.100. The third-order valence-electron chi connectivity index (χ3n) is 23.1. The molecule has 0 amide bonds. The van der Waals surface area contributed by atoms with Gasteiger partial charge in [-0.05, 0) is 286 Å². The van der Waals surface area contributed by atoms with E-state index in [1.54, 1.807) is 0 Å². The van der Waals surface area contributed by atoms with Crippen molar-refractivity contribution >= 4 is 172 Å². The van der Waals surface area contributed by atoms with Gasteiger partial charge in [-0.25, -0.2) is 0 Å². The molecule has 0 saturated heterocycles. The Morgan fingerprint density at radius 1 is 0.147 bits per heavy atom. The predicted octanol–water partition coefficient (Wildman–Crippen LogP) is 20.4.